The number of anilines is 3. The lowest BCUT2D eigenvalue weighted by Crippen LogP contribution is -2.10. The predicted octanol–water partition coefficient (Wildman–Crippen LogP) is 15.7. The molecule has 0 aromatic heterocycles. The highest BCUT2D eigenvalue weighted by molar-refractivity contribution is 6.32. The first kappa shape index (κ1) is 33.6. The summed E-state index contributed by atoms with van der Waals surface area (Å²) in [5.41, 5.74) is 14.6. The van der Waals surface area contributed by atoms with Crippen molar-refractivity contribution >= 4 is 55.0 Å². The van der Waals surface area contributed by atoms with E-state index < -0.39 is 0 Å². The molecule has 9 aromatic carbocycles. The maximum Gasteiger partial charge on any atom is 0.0468 e. The molecule has 1 heteroatoms. The number of hydrogen-bond acceptors (Lipinski definition) is 1. The Morgan fingerprint density at radius 1 is 0.393 bits per heavy atom. The SMILES string of the molecule is Cc1cccc(N(c2ccc(-c3ccccc3)cc2)c2ccc3c(c2)c2ccccc2c2c(-c4ccccc4)cc(C4=CCCC=C4)c(-c4ccccc4)c32)c1. The summed E-state index contributed by atoms with van der Waals surface area (Å²) >= 11 is 0. The van der Waals surface area contributed by atoms with Crippen molar-refractivity contribution in [3.63, 3.8) is 0 Å². The smallest absolute Gasteiger partial charge is 0.0468 e. The van der Waals surface area contributed by atoms with Gasteiger partial charge in [-0.05, 0) is 145 Å². The van der Waals surface area contributed by atoms with Gasteiger partial charge in [0.2, 0.25) is 0 Å². The van der Waals surface area contributed by atoms with Gasteiger partial charge < -0.3 is 4.90 Å². The molecule has 56 heavy (non-hydrogen) atoms. The van der Waals surface area contributed by atoms with Gasteiger partial charge in [0.05, 0.1) is 0 Å². The average molecular weight is 716 g/mol. The van der Waals surface area contributed by atoms with Crippen molar-refractivity contribution < 1.29 is 0 Å². The fourth-order valence-electron chi connectivity index (χ4n) is 8.72. The van der Waals surface area contributed by atoms with Crippen LogP contribution < -0.4 is 4.90 Å². The second kappa shape index (κ2) is 14.4. The molecule has 0 N–H and O–H groups in total. The van der Waals surface area contributed by atoms with Crippen LogP contribution >= 0.6 is 0 Å². The number of rotatable bonds is 7. The molecule has 1 nitrogen and oxygen atoms in total. The maximum atomic E-state index is 2.46. The van der Waals surface area contributed by atoms with Gasteiger partial charge >= 0.3 is 0 Å². The largest absolute Gasteiger partial charge is 0.310 e. The van der Waals surface area contributed by atoms with Crippen molar-refractivity contribution in [1.29, 1.82) is 0 Å². The molecule has 266 valence electrons. The second-order valence-electron chi connectivity index (χ2n) is 14.8. The third-order valence-corrected chi connectivity index (χ3v) is 11.3. The van der Waals surface area contributed by atoms with Crippen molar-refractivity contribution in [2.75, 3.05) is 4.90 Å². The number of hydrogen-bond donors (Lipinski definition) is 0. The summed E-state index contributed by atoms with van der Waals surface area (Å²) in [6.45, 7) is 2.17. The van der Waals surface area contributed by atoms with Gasteiger partial charge in [0.15, 0.2) is 0 Å². The molecule has 0 unspecified atom stereocenters. The molecule has 0 fully saturated rings. The lowest BCUT2D eigenvalue weighted by molar-refractivity contribution is 1.04. The summed E-state index contributed by atoms with van der Waals surface area (Å²) in [6, 6.07) is 69.0. The Morgan fingerprint density at radius 2 is 1.00 bits per heavy atom. The number of allylic oxidation sites excluding steroid dienone is 4. The van der Waals surface area contributed by atoms with Crippen LogP contribution in [-0.2, 0) is 0 Å². The Labute approximate surface area is 329 Å². The highest BCUT2D eigenvalue weighted by atomic mass is 15.1. The Hall–Kier alpha value is -6.96. The normalized spacial score (nSPS) is 12.6. The van der Waals surface area contributed by atoms with E-state index in [1.54, 1.807) is 0 Å². The molecule has 0 amide bonds. The zero-order chi connectivity index (χ0) is 37.4. The molecule has 10 rings (SSSR count). The predicted molar refractivity (Wildman–Crippen MR) is 241 cm³/mol. The molecular formula is C55H41N. The fraction of sp³-hybridized carbons (Fsp3) is 0.0545. The van der Waals surface area contributed by atoms with Crippen molar-refractivity contribution in [2.45, 2.75) is 19.8 Å². The van der Waals surface area contributed by atoms with Crippen LogP contribution in [0.2, 0.25) is 0 Å². The van der Waals surface area contributed by atoms with E-state index in [4.69, 9.17) is 0 Å². The van der Waals surface area contributed by atoms with Gasteiger partial charge in [-0.25, -0.2) is 0 Å². The monoisotopic (exact) mass is 715 g/mol. The minimum atomic E-state index is 1.04. The average Bonchev–Trinajstić information content (AvgIpc) is 3.27. The lowest BCUT2D eigenvalue weighted by Gasteiger charge is -2.27. The third-order valence-electron chi connectivity index (χ3n) is 11.3. The topological polar surface area (TPSA) is 3.24 Å². The van der Waals surface area contributed by atoms with Crippen LogP contribution in [0.25, 0.3) is 71.3 Å². The molecule has 0 atom stereocenters. The molecule has 0 aliphatic heterocycles. The molecule has 9 aromatic rings. The molecule has 1 aliphatic rings. The number of fused-ring (bicyclic) bond motifs is 6. The minimum Gasteiger partial charge on any atom is -0.310 e. The first-order chi connectivity index (χ1) is 27.7. The van der Waals surface area contributed by atoms with Gasteiger partial charge in [-0.1, -0.05) is 164 Å². The standard InChI is InChI=1S/C55H41N/c1-38-17-16-26-45(35-38)56(44-31-29-40(30-32-44)39-18-6-2-7-19-39)46-33-34-49-52(36-46)47-27-14-15-28-48(47)54-51(42-22-10-4-11-23-42)37-50(41-20-8-3-9-21-41)53(55(49)54)43-24-12-5-13-25-43/h2,4-8,10-37H,3,9H2,1H3. The summed E-state index contributed by atoms with van der Waals surface area (Å²) in [5, 5.41) is 7.59. The Kier molecular flexibility index (Phi) is 8.61. The fourth-order valence-corrected chi connectivity index (χ4v) is 8.72. The highest BCUT2D eigenvalue weighted by Gasteiger charge is 2.23. The van der Waals surface area contributed by atoms with Crippen molar-refractivity contribution in [3.05, 3.63) is 217 Å². The zero-order valence-electron chi connectivity index (χ0n) is 31.5. The summed E-state index contributed by atoms with van der Waals surface area (Å²) in [5.74, 6) is 0. The minimum absolute atomic E-state index is 1.04. The molecule has 0 spiro atoms. The lowest BCUT2D eigenvalue weighted by atomic mass is 9.80. The van der Waals surface area contributed by atoms with E-state index in [0.29, 0.717) is 0 Å². The van der Waals surface area contributed by atoms with Gasteiger partial charge in [-0.2, -0.15) is 0 Å². The van der Waals surface area contributed by atoms with E-state index in [0.717, 1.165) is 29.9 Å². The van der Waals surface area contributed by atoms with Crippen LogP contribution in [0.5, 0.6) is 0 Å². The van der Waals surface area contributed by atoms with E-state index in [1.165, 1.54) is 82.4 Å². The van der Waals surface area contributed by atoms with E-state index in [1.807, 2.05) is 0 Å². The quantitative estimate of drug-likeness (QED) is 0.149. The van der Waals surface area contributed by atoms with E-state index in [2.05, 4.69) is 218 Å². The van der Waals surface area contributed by atoms with Crippen molar-refractivity contribution in [1.82, 2.24) is 0 Å². The third kappa shape index (κ3) is 5.99. The summed E-state index contributed by atoms with van der Waals surface area (Å²) < 4.78 is 0. The first-order valence-electron chi connectivity index (χ1n) is 19.7. The van der Waals surface area contributed by atoms with Gasteiger partial charge in [-0.3, -0.25) is 0 Å². The Balaban J connectivity index is 1.30. The van der Waals surface area contributed by atoms with E-state index in [-0.39, 0.29) is 0 Å². The molecule has 0 saturated heterocycles. The summed E-state index contributed by atoms with van der Waals surface area (Å²) in [6.07, 6.45) is 9.20. The van der Waals surface area contributed by atoms with E-state index in [9.17, 15) is 0 Å². The zero-order valence-corrected chi connectivity index (χ0v) is 31.5. The van der Waals surface area contributed by atoms with Gasteiger partial charge in [-0.15, -0.1) is 0 Å². The molecule has 0 saturated carbocycles. The Bertz CT molecular complexity index is 2940. The van der Waals surface area contributed by atoms with Crippen LogP contribution in [0.15, 0.2) is 206 Å². The number of nitrogens with zero attached hydrogens (tertiary/aromatic N) is 1. The van der Waals surface area contributed by atoms with Crippen LogP contribution in [0.1, 0.15) is 24.0 Å². The summed E-state index contributed by atoms with van der Waals surface area (Å²) in [7, 11) is 0. The van der Waals surface area contributed by atoms with Gasteiger partial charge in [0.25, 0.3) is 0 Å². The molecule has 0 heterocycles. The van der Waals surface area contributed by atoms with Crippen molar-refractivity contribution in [3.8, 4) is 33.4 Å². The molecule has 0 radical (unpaired) electrons. The molecule has 1 aliphatic carbocycles. The second-order valence-corrected chi connectivity index (χ2v) is 14.8. The number of benzene rings is 9. The van der Waals surface area contributed by atoms with E-state index >= 15 is 0 Å². The van der Waals surface area contributed by atoms with Gasteiger partial charge in [0, 0.05) is 17.1 Å². The Morgan fingerprint density at radius 3 is 1.70 bits per heavy atom. The summed E-state index contributed by atoms with van der Waals surface area (Å²) in [4.78, 5) is 2.40. The first-order valence-corrected chi connectivity index (χ1v) is 19.7. The van der Waals surface area contributed by atoms with Crippen LogP contribution in [0.3, 0.4) is 0 Å². The molecular weight excluding hydrogens is 675 g/mol. The van der Waals surface area contributed by atoms with Crippen LogP contribution in [-0.4, -0.2) is 0 Å². The van der Waals surface area contributed by atoms with Crippen molar-refractivity contribution in [2.24, 2.45) is 0 Å². The van der Waals surface area contributed by atoms with Crippen LogP contribution in [0, 0.1) is 6.92 Å². The number of aryl methyl sites for hydroxylation is 1. The molecule has 0 bridgehead atoms. The van der Waals surface area contributed by atoms with Crippen LogP contribution in [0.4, 0.5) is 17.1 Å². The van der Waals surface area contributed by atoms with Gasteiger partial charge in [0.1, 0.15) is 0 Å². The maximum absolute atomic E-state index is 2.46. The highest BCUT2D eigenvalue weighted by Crippen LogP contribution is 2.49.